The van der Waals surface area contributed by atoms with E-state index in [0.29, 0.717) is 12.1 Å². The Morgan fingerprint density at radius 3 is 1.82 bits per heavy atom. The average molecular weight is 623 g/mol. The van der Waals surface area contributed by atoms with Gasteiger partial charge in [0, 0.05) is 11.9 Å². The Labute approximate surface area is 227 Å². The van der Waals surface area contributed by atoms with E-state index in [4.69, 9.17) is 33.1 Å². The van der Waals surface area contributed by atoms with Crippen LogP contribution in [0.3, 0.4) is 0 Å². The van der Waals surface area contributed by atoms with Crippen molar-refractivity contribution < 1.29 is 54.2 Å². The fourth-order valence-corrected chi connectivity index (χ4v) is 3.36. The zero-order chi connectivity index (χ0) is 30.5. The van der Waals surface area contributed by atoms with E-state index in [0.717, 1.165) is 30.5 Å². The molecule has 1 aromatic carbocycles. The van der Waals surface area contributed by atoms with E-state index >= 15 is 0 Å². The molecule has 18 heteroatoms. The van der Waals surface area contributed by atoms with Crippen LogP contribution in [0.5, 0.6) is 0 Å². The van der Waals surface area contributed by atoms with Gasteiger partial charge in [0.25, 0.3) is 0 Å². The summed E-state index contributed by atoms with van der Waals surface area (Å²) in [5.41, 5.74) is -2.75. The molecule has 0 radical (unpaired) electrons. The third-order valence-corrected chi connectivity index (χ3v) is 4.91. The smallest absolute Gasteiger partial charge is 0.475 e. The van der Waals surface area contributed by atoms with Gasteiger partial charge in [-0.2, -0.15) is 39.5 Å². The number of halogens is 11. The number of pyridine rings is 2. The molecule has 2 aromatic heterocycles. The molecule has 0 bridgehead atoms. The minimum atomic E-state index is -5.08. The summed E-state index contributed by atoms with van der Waals surface area (Å²) in [6.45, 7) is 0. The third-order valence-electron chi connectivity index (χ3n) is 4.53. The highest BCUT2D eigenvalue weighted by molar-refractivity contribution is 6.33. The van der Waals surface area contributed by atoms with E-state index in [1.807, 2.05) is 0 Å². The molecule has 40 heavy (non-hydrogen) atoms. The van der Waals surface area contributed by atoms with Gasteiger partial charge in [-0.15, -0.1) is 0 Å². The highest BCUT2D eigenvalue weighted by atomic mass is 35.5. The molecule has 0 aliphatic heterocycles. The molecule has 0 unspecified atom stereocenters. The number of amides is 2. The number of benzene rings is 1. The van der Waals surface area contributed by atoms with Crippen LogP contribution < -0.4 is 10.6 Å². The summed E-state index contributed by atoms with van der Waals surface area (Å²) in [5.74, 6) is -2.76. The van der Waals surface area contributed by atoms with Crippen LogP contribution >= 0.6 is 23.2 Å². The first-order chi connectivity index (χ1) is 18.3. The zero-order valence-corrected chi connectivity index (χ0v) is 20.6. The number of hydrogen-bond acceptors (Lipinski definition) is 4. The number of nitrogens with one attached hydrogen (secondary N) is 2. The van der Waals surface area contributed by atoms with Gasteiger partial charge in [-0.25, -0.2) is 14.6 Å². The Morgan fingerprint density at radius 1 is 0.850 bits per heavy atom. The molecule has 3 rings (SSSR count). The number of alkyl halides is 9. The highest BCUT2D eigenvalue weighted by Gasteiger charge is 2.39. The van der Waals surface area contributed by atoms with Gasteiger partial charge in [-0.3, -0.25) is 4.98 Å². The summed E-state index contributed by atoms with van der Waals surface area (Å²) in [7, 11) is 0. The predicted molar refractivity (Wildman–Crippen MR) is 123 cm³/mol. The highest BCUT2D eigenvalue weighted by Crippen LogP contribution is 2.36. The van der Waals surface area contributed by atoms with Crippen LogP contribution in [0.4, 0.5) is 50.0 Å². The van der Waals surface area contributed by atoms with E-state index in [1.165, 1.54) is 12.1 Å². The molecule has 0 aliphatic carbocycles. The first kappa shape index (κ1) is 32.4. The summed E-state index contributed by atoms with van der Waals surface area (Å²) >= 11 is 11.5. The number of nitrogens with zero attached hydrogens (tertiary/aromatic N) is 2. The van der Waals surface area contributed by atoms with Crippen molar-refractivity contribution in [3.05, 3.63) is 87.4 Å². The minimum absolute atomic E-state index is 0.0545. The monoisotopic (exact) mass is 622 g/mol. The zero-order valence-electron chi connectivity index (χ0n) is 19.1. The van der Waals surface area contributed by atoms with Gasteiger partial charge >= 0.3 is 30.5 Å². The lowest BCUT2D eigenvalue weighted by Gasteiger charge is -2.23. The number of rotatable bonds is 4. The number of carboxylic acids is 1. The molecule has 2 amide bonds. The van der Waals surface area contributed by atoms with Gasteiger partial charge in [-0.1, -0.05) is 35.3 Å². The number of aliphatic carboxylic acids is 1. The van der Waals surface area contributed by atoms with E-state index in [2.05, 4.69) is 20.6 Å². The molecule has 3 aromatic rings. The third kappa shape index (κ3) is 9.44. The summed E-state index contributed by atoms with van der Waals surface area (Å²) < 4.78 is 111. The van der Waals surface area contributed by atoms with Gasteiger partial charge in [0.05, 0.1) is 22.9 Å². The van der Waals surface area contributed by atoms with E-state index in [1.54, 1.807) is 0 Å². The molecule has 1 atom stereocenters. The number of urea groups is 1. The number of carbonyl (C=O) groups is 2. The van der Waals surface area contributed by atoms with E-state index < -0.39 is 53.4 Å². The Kier molecular flexibility index (Phi) is 10.2. The fourth-order valence-electron chi connectivity index (χ4n) is 2.90. The van der Waals surface area contributed by atoms with Crippen molar-refractivity contribution in [3.63, 3.8) is 0 Å². The van der Waals surface area contributed by atoms with Crippen LogP contribution in [0.15, 0.2) is 54.7 Å². The summed E-state index contributed by atoms with van der Waals surface area (Å²) in [6, 6.07) is 5.06. The minimum Gasteiger partial charge on any atom is -0.475 e. The lowest BCUT2D eigenvalue weighted by molar-refractivity contribution is -0.192. The second-order valence-corrected chi connectivity index (χ2v) is 8.16. The number of carbonyl (C=O) groups excluding carboxylic acids is 1. The van der Waals surface area contributed by atoms with E-state index in [-0.39, 0.29) is 21.6 Å². The second kappa shape index (κ2) is 12.6. The maximum absolute atomic E-state index is 13.6. The van der Waals surface area contributed by atoms with Crippen molar-refractivity contribution in [2.24, 2.45) is 0 Å². The number of hydrogen-bond donors (Lipinski definition) is 3. The van der Waals surface area contributed by atoms with Crippen molar-refractivity contribution in [2.75, 3.05) is 5.32 Å². The van der Waals surface area contributed by atoms with Crippen molar-refractivity contribution >= 4 is 40.9 Å². The number of anilines is 1. The normalized spacial score (nSPS) is 12.6. The standard InChI is InChI=1S/C20H12Cl2F6N4O.C2HF3O2/c21-14-8-12(9-15(22)31-14)30-18(33)32-16(10-3-5-11(6-4-10)19(23,24)25)17-13(20(26,27)28)2-1-7-29-17;3-2(4,5)1(6)7/h1-9,16H,(H2,30,31,32,33);(H,6,7)/t16-;/m0./s1. The number of carboxylic acid groups (broad SMARTS) is 1. The van der Waals surface area contributed by atoms with Crippen molar-refractivity contribution in [1.29, 1.82) is 0 Å². The first-order valence-electron chi connectivity index (χ1n) is 10.2. The maximum atomic E-state index is 13.6. The average Bonchev–Trinajstić information content (AvgIpc) is 2.81. The maximum Gasteiger partial charge on any atom is 0.490 e. The molecule has 3 N–H and O–H groups in total. The Bertz CT molecular complexity index is 1330. The van der Waals surface area contributed by atoms with Crippen LogP contribution in [0.1, 0.15) is 28.4 Å². The van der Waals surface area contributed by atoms with Crippen LogP contribution in [0.2, 0.25) is 10.3 Å². The molecule has 0 saturated carbocycles. The van der Waals surface area contributed by atoms with Gasteiger partial charge in [0.2, 0.25) is 0 Å². The molecular formula is C22H13Cl2F9N4O3. The molecule has 7 nitrogen and oxygen atoms in total. The van der Waals surface area contributed by atoms with Crippen LogP contribution in [0, 0.1) is 0 Å². The van der Waals surface area contributed by atoms with Gasteiger partial charge in [-0.05, 0) is 42.0 Å². The lowest BCUT2D eigenvalue weighted by atomic mass is 9.98. The fraction of sp³-hybridized carbons (Fsp3) is 0.182. The number of aromatic nitrogens is 2. The second-order valence-electron chi connectivity index (χ2n) is 7.39. The lowest BCUT2D eigenvalue weighted by Crippen LogP contribution is -2.35. The summed E-state index contributed by atoms with van der Waals surface area (Å²) in [5, 5.41) is 11.7. The van der Waals surface area contributed by atoms with Gasteiger partial charge in [0.1, 0.15) is 10.3 Å². The van der Waals surface area contributed by atoms with Crippen LogP contribution in [-0.4, -0.2) is 33.3 Å². The largest absolute Gasteiger partial charge is 0.490 e. The molecule has 0 spiro atoms. The van der Waals surface area contributed by atoms with Crippen LogP contribution in [-0.2, 0) is 17.1 Å². The Hall–Kier alpha value is -3.79. The molecule has 0 saturated heterocycles. The van der Waals surface area contributed by atoms with Crippen molar-refractivity contribution in [1.82, 2.24) is 15.3 Å². The van der Waals surface area contributed by atoms with Crippen LogP contribution in [0.25, 0.3) is 0 Å². The SMILES string of the molecule is O=C(Nc1cc(Cl)nc(Cl)c1)N[C@@H](c1ccc(C(F)(F)F)cc1)c1ncccc1C(F)(F)F.O=C(O)C(F)(F)F. The predicted octanol–water partition coefficient (Wildman–Crippen LogP) is 7.37. The van der Waals surface area contributed by atoms with Crippen molar-refractivity contribution in [3.8, 4) is 0 Å². The Morgan fingerprint density at radius 2 is 1.38 bits per heavy atom. The molecule has 0 aliphatic rings. The quantitative estimate of drug-likeness (QED) is 0.208. The van der Waals surface area contributed by atoms with Crippen molar-refractivity contribution in [2.45, 2.75) is 24.6 Å². The molecular weight excluding hydrogens is 610 g/mol. The molecule has 0 fully saturated rings. The van der Waals surface area contributed by atoms with E-state index in [9.17, 15) is 44.3 Å². The summed E-state index contributed by atoms with van der Waals surface area (Å²) in [4.78, 5) is 28.9. The summed E-state index contributed by atoms with van der Waals surface area (Å²) in [6.07, 6.45) is -13.5. The topological polar surface area (TPSA) is 104 Å². The Balaban J connectivity index is 0.000000708. The van der Waals surface area contributed by atoms with Gasteiger partial charge < -0.3 is 15.7 Å². The first-order valence-corrected chi connectivity index (χ1v) is 10.9. The molecule has 2 heterocycles. The molecule has 216 valence electrons. The van der Waals surface area contributed by atoms with Gasteiger partial charge in [0.15, 0.2) is 0 Å².